The first-order chi connectivity index (χ1) is 15.4. The summed E-state index contributed by atoms with van der Waals surface area (Å²) < 4.78 is 2.43. The van der Waals surface area contributed by atoms with E-state index in [-0.39, 0.29) is 0 Å². The number of pyridine rings is 1. The van der Waals surface area contributed by atoms with Gasteiger partial charge in [-0.1, -0.05) is 91.0 Å². The van der Waals surface area contributed by atoms with Crippen LogP contribution in [-0.4, -0.2) is 9.55 Å². The second-order valence-corrected chi connectivity index (χ2v) is 8.03. The van der Waals surface area contributed by atoms with Crippen LogP contribution >= 0.6 is 0 Å². The van der Waals surface area contributed by atoms with Crippen LogP contribution in [-0.2, 0) is 0 Å². The molecule has 1 aliphatic heterocycles. The van der Waals surface area contributed by atoms with Gasteiger partial charge in [0.05, 0.1) is 22.4 Å². The van der Waals surface area contributed by atoms with Crippen LogP contribution < -0.4 is 0 Å². The monoisotopic (exact) mass is 394 g/mol. The first-order valence-corrected chi connectivity index (χ1v) is 10.6. The summed E-state index contributed by atoms with van der Waals surface area (Å²) in [4.78, 5) is 5.04. The van der Waals surface area contributed by atoms with Gasteiger partial charge in [0.2, 0.25) is 0 Å². The molecule has 0 radical (unpaired) electrons. The van der Waals surface area contributed by atoms with Gasteiger partial charge in [0.15, 0.2) is 0 Å². The molecule has 2 nitrogen and oxygen atoms in total. The van der Waals surface area contributed by atoms with E-state index in [1.807, 2.05) is 0 Å². The van der Waals surface area contributed by atoms with Crippen LogP contribution in [0.4, 0.5) is 0 Å². The molecule has 144 valence electrons. The lowest BCUT2D eigenvalue weighted by Crippen LogP contribution is -1.96. The second kappa shape index (κ2) is 6.16. The van der Waals surface area contributed by atoms with E-state index in [0.29, 0.717) is 0 Å². The van der Waals surface area contributed by atoms with Crippen molar-refractivity contribution in [1.82, 2.24) is 9.55 Å². The average Bonchev–Trinajstić information content (AvgIpc) is 3.11. The summed E-state index contributed by atoms with van der Waals surface area (Å²) in [7, 11) is 0. The molecule has 0 N–H and O–H groups in total. The molecule has 0 unspecified atom stereocenters. The SMILES string of the molecule is c1ccc(-c2ncc3c4ccccc4n4c3c2-c2ccccc2-c2ccccc2-4)cc1. The van der Waals surface area contributed by atoms with Gasteiger partial charge in [-0.05, 0) is 23.3 Å². The number of para-hydroxylation sites is 2. The van der Waals surface area contributed by atoms with Crippen LogP contribution in [0.2, 0.25) is 0 Å². The molecule has 31 heavy (non-hydrogen) atoms. The number of nitrogens with zero attached hydrogens (tertiary/aromatic N) is 2. The van der Waals surface area contributed by atoms with Crippen LogP contribution in [0.1, 0.15) is 0 Å². The molecule has 0 aliphatic carbocycles. The molecule has 7 rings (SSSR count). The molecule has 0 atom stereocenters. The number of hydrogen-bond donors (Lipinski definition) is 0. The van der Waals surface area contributed by atoms with Crippen molar-refractivity contribution in [1.29, 1.82) is 0 Å². The van der Waals surface area contributed by atoms with Gasteiger partial charge in [-0.3, -0.25) is 4.98 Å². The molecule has 0 saturated carbocycles. The lowest BCUT2D eigenvalue weighted by molar-refractivity contribution is 1.18. The molecule has 0 fully saturated rings. The Morgan fingerprint density at radius 1 is 0.548 bits per heavy atom. The van der Waals surface area contributed by atoms with E-state index in [1.165, 1.54) is 49.7 Å². The van der Waals surface area contributed by atoms with Crippen LogP contribution in [0.5, 0.6) is 0 Å². The summed E-state index contributed by atoms with van der Waals surface area (Å²) in [6.45, 7) is 0. The zero-order valence-corrected chi connectivity index (χ0v) is 16.8. The van der Waals surface area contributed by atoms with Crippen molar-refractivity contribution in [3.05, 3.63) is 109 Å². The highest BCUT2D eigenvalue weighted by atomic mass is 15.0. The average molecular weight is 394 g/mol. The second-order valence-electron chi connectivity index (χ2n) is 8.03. The van der Waals surface area contributed by atoms with Gasteiger partial charge in [-0.15, -0.1) is 0 Å². The minimum Gasteiger partial charge on any atom is -0.308 e. The molecule has 4 aromatic carbocycles. The molecule has 0 saturated heterocycles. The molecule has 3 heterocycles. The summed E-state index contributed by atoms with van der Waals surface area (Å²) in [6.07, 6.45) is 2.05. The first-order valence-electron chi connectivity index (χ1n) is 10.6. The fourth-order valence-corrected chi connectivity index (χ4v) is 5.10. The lowest BCUT2D eigenvalue weighted by Gasteiger charge is -2.13. The van der Waals surface area contributed by atoms with Gasteiger partial charge in [0.1, 0.15) is 0 Å². The third-order valence-electron chi connectivity index (χ3n) is 6.39. The molecule has 2 aromatic heterocycles. The van der Waals surface area contributed by atoms with E-state index in [2.05, 4.69) is 114 Å². The Hall–Kier alpha value is -4.17. The molecular weight excluding hydrogens is 376 g/mol. The Morgan fingerprint density at radius 2 is 1.23 bits per heavy atom. The van der Waals surface area contributed by atoms with Crippen molar-refractivity contribution in [2.75, 3.05) is 0 Å². The Balaban J connectivity index is 1.80. The van der Waals surface area contributed by atoms with E-state index in [0.717, 1.165) is 11.3 Å². The topological polar surface area (TPSA) is 17.8 Å². The van der Waals surface area contributed by atoms with Gasteiger partial charge in [-0.25, -0.2) is 0 Å². The predicted octanol–water partition coefficient (Wildman–Crippen LogP) is 7.49. The van der Waals surface area contributed by atoms with E-state index in [9.17, 15) is 0 Å². The molecular formula is C29H18N2. The van der Waals surface area contributed by atoms with Gasteiger partial charge >= 0.3 is 0 Å². The maximum Gasteiger partial charge on any atom is 0.0802 e. The van der Waals surface area contributed by atoms with Crippen molar-refractivity contribution in [2.45, 2.75) is 0 Å². The summed E-state index contributed by atoms with van der Waals surface area (Å²) in [5.74, 6) is 0. The molecule has 0 bridgehead atoms. The maximum atomic E-state index is 5.04. The van der Waals surface area contributed by atoms with Crippen molar-refractivity contribution in [3.8, 4) is 39.2 Å². The van der Waals surface area contributed by atoms with E-state index in [4.69, 9.17) is 4.98 Å². The first kappa shape index (κ1) is 16.6. The Kier molecular flexibility index (Phi) is 3.30. The highest BCUT2D eigenvalue weighted by Gasteiger charge is 2.26. The van der Waals surface area contributed by atoms with Crippen LogP contribution in [0, 0.1) is 0 Å². The lowest BCUT2D eigenvalue weighted by atomic mass is 9.91. The Labute approximate surface area is 180 Å². The van der Waals surface area contributed by atoms with Gasteiger partial charge in [0, 0.05) is 33.7 Å². The zero-order chi connectivity index (χ0) is 20.4. The third-order valence-corrected chi connectivity index (χ3v) is 6.39. The van der Waals surface area contributed by atoms with Crippen LogP contribution in [0.25, 0.3) is 61.0 Å². The Morgan fingerprint density at radius 3 is 2.10 bits per heavy atom. The van der Waals surface area contributed by atoms with Crippen molar-refractivity contribution < 1.29 is 0 Å². The minimum absolute atomic E-state index is 1.03. The molecule has 6 aromatic rings. The number of hydrogen-bond acceptors (Lipinski definition) is 1. The summed E-state index contributed by atoms with van der Waals surface area (Å²) >= 11 is 0. The standard InChI is InChI=1S/C29H18N2/c1-2-10-19(11-3-1)28-27-23-15-5-4-12-20(23)21-13-6-8-16-25(21)31-26-17-9-7-14-22(26)24(18-30-28)29(27)31/h1-18H. The quantitative estimate of drug-likeness (QED) is 0.282. The largest absolute Gasteiger partial charge is 0.308 e. The summed E-state index contributed by atoms with van der Waals surface area (Å²) in [5.41, 5.74) is 10.7. The highest BCUT2D eigenvalue weighted by molar-refractivity contribution is 6.18. The summed E-state index contributed by atoms with van der Waals surface area (Å²) in [5, 5.41) is 2.43. The van der Waals surface area contributed by atoms with Gasteiger partial charge in [-0.2, -0.15) is 0 Å². The molecule has 0 amide bonds. The number of fused-ring (bicyclic) bond motifs is 8. The van der Waals surface area contributed by atoms with Crippen LogP contribution in [0.3, 0.4) is 0 Å². The maximum absolute atomic E-state index is 5.04. The molecule has 2 heteroatoms. The molecule has 0 spiro atoms. The van der Waals surface area contributed by atoms with Crippen molar-refractivity contribution in [3.63, 3.8) is 0 Å². The van der Waals surface area contributed by atoms with Crippen molar-refractivity contribution >= 4 is 21.8 Å². The fraction of sp³-hybridized carbons (Fsp3) is 0. The van der Waals surface area contributed by atoms with Gasteiger partial charge < -0.3 is 4.57 Å². The van der Waals surface area contributed by atoms with Crippen molar-refractivity contribution in [2.24, 2.45) is 0 Å². The van der Waals surface area contributed by atoms with Crippen LogP contribution in [0.15, 0.2) is 109 Å². The predicted molar refractivity (Wildman–Crippen MR) is 128 cm³/mol. The fourth-order valence-electron chi connectivity index (χ4n) is 5.10. The van der Waals surface area contributed by atoms with Gasteiger partial charge in [0.25, 0.3) is 0 Å². The number of benzene rings is 4. The zero-order valence-electron chi connectivity index (χ0n) is 16.8. The third kappa shape index (κ3) is 2.19. The Bertz CT molecular complexity index is 1620. The smallest absolute Gasteiger partial charge is 0.0802 e. The number of rotatable bonds is 1. The van der Waals surface area contributed by atoms with E-state index < -0.39 is 0 Å². The van der Waals surface area contributed by atoms with E-state index >= 15 is 0 Å². The summed E-state index contributed by atoms with van der Waals surface area (Å²) in [6, 6.07) is 36.6. The molecule has 1 aliphatic rings. The highest BCUT2D eigenvalue weighted by Crippen LogP contribution is 2.48. The number of aromatic nitrogens is 2. The normalized spacial score (nSPS) is 11.9. The van der Waals surface area contributed by atoms with E-state index in [1.54, 1.807) is 0 Å². The minimum atomic E-state index is 1.03.